The summed E-state index contributed by atoms with van der Waals surface area (Å²) in [6.07, 6.45) is 2.81. The van der Waals surface area contributed by atoms with Crippen LogP contribution in [-0.2, 0) is 10.0 Å². The van der Waals surface area contributed by atoms with Crippen LogP contribution in [0.2, 0.25) is 0 Å². The van der Waals surface area contributed by atoms with Crippen molar-refractivity contribution >= 4 is 27.5 Å². The summed E-state index contributed by atoms with van der Waals surface area (Å²) in [5, 5.41) is 0. The molecule has 0 aromatic heterocycles. The van der Waals surface area contributed by atoms with E-state index in [-0.39, 0.29) is 10.9 Å². The van der Waals surface area contributed by atoms with Gasteiger partial charge in [-0.1, -0.05) is 0 Å². The third-order valence-corrected chi connectivity index (χ3v) is 5.85. The summed E-state index contributed by atoms with van der Waals surface area (Å²) in [5.41, 5.74) is 6.13. The van der Waals surface area contributed by atoms with Gasteiger partial charge in [0.15, 0.2) is 0 Å². The average Bonchev–Trinajstić information content (AvgIpc) is 2.44. The van der Waals surface area contributed by atoms with Gasteiger partial charge in [-0.2, -0.15) is 16.1 Å². The highest BCUT2D eigenvalue weighted by molar-refractivity contribution is 7.98. The molecule has 0 amide bonds. The number of hydrogen-bond donors (Lipinski definition) is 1. The SMILES string of the molecule is COc1cc(S(=O)(=O)N(C)C(C)CCSC)ccc1N. The number of anilines is 1. The van der Waals surface area contributed by atoms with Crippen LogP contribution in [0.1, 0.15) is 13.3 Å². The zero-order valence-corrected chi connectivity index (χ0v) is 13.9. The molecule has 1 aromatic carbocycles. The van der Waals surface area contributed by atoms with Gasteiger partial charge in [0.1, 0.15) is 5.75 Å². The summed E-state index contributed by atoms with van der Waals surface area (Å²) in [6, 6.07) is 4.45. The first kappa shape index (κ1) is 17.1. The lowest BCUT2D eigenvalue weighted by molar-refractivity contribution is 0.381. The minimum atomic E-state index is -3.53. The van der Waals surface area contributed by atoms with Crippen molar-refractivity contribution in [3.05, 3.63) is 18.2 Å². The molecule has 0 spiro atoms. The van der Waals surface area contributed by atoms with Crippen LogP contribution in [0.4, 0.5) is 5.69 Å². The molecule has 1 rings (SSSR count). The van der Waals surface area contributed by atoms with Gasteiger partial charge >= 0.3 is 0 Å². The molecule has 0 heterocycles. The third-order valence-electron chi connectivity index (χ3n) is 3.24. The maximum absolute atomic E-state index is 12.5. The molecule has 0 aliphatic carbocycles. The number of nitrogen functional groups attached to an aromatic ring is 1. The van der Waals surface area contributed by atoms with Crippen molar-refractivity contribution in [1.82, 2.24) is 4.31 Å². The Labute approximate surface area is 125 Å². The van der Waals surface area contributed by atoms with Crippen LogP contribution in [0.15, 0.2) is 23.1 Å². The van der Waals surface area contributed by atoms with Crippen molar-refractivity contribution in [3.8, 4) is 5.75 Å². The van der Waals surface area contributed by atoms with Crippen LogP contribution in [-0.4, -0.2) is 44.9 Å². The molecule has 1 unspecified atom stereocenters. The van der Waals surface area contributed by atoms with E-state index in [1.165, 1.54) is 23.5 Å². The highest BCUT2D eigenvalue weighted by Crippen LogP contribution is 2.27. The second kappa shape index (κ2) is 7.19. The second-order valence-corrected chi connectivity index (χ2v) is 7.54. The highest BCUT2D eigenvalue weighted by atomic mass is 32.2. The van der Waals surface area contributed by atoms with Gasteiger partial charge in [-0.25, -0.2) is 8.42 Å². The first-order valence-electron chi connectivity index (χ1n) is 6.25. The smallest absolute Gasteiger partial charge is 0.243 e. The Morgan fingerprint density at radius 2 is 2.10 bits per heavy atom. The number of benzene rings is 1. The van der Waals surface area contributed by atoms with Gasteiger partial charge in [0.05, 0.1) is 17.7 Å². The number of hydrogen-bond acceptors (Lipinski definition) is 5. The first-order chi connectivity index (χ1) is 9.34. The molecular formula is C13H22N2O3S2. The molecule has 7 heteroatoms. The predicted octanol–water partition coefficient (Wildman–Crippen LogP) is 2.04. The van der Waals surface area contributed by atoms with Gasteiger partial charge in [-0.05, 0) is 37.5 Å². The number of nitrogens with zero attached hydrogens (tertiary/aromatic N) is 1. The van der Waals surface area contributed by atoms with Gasteiger partial charge in [0.25, 0.3) is 0 Å². The number of rotatable bonds is 7. The molecule has 0 fully saturated rings. The maximum atomic E-state index is 12.5. The van der Waals surface area contributed by atoms with E-state index in [9.17, 15) is 8.42 Å². The van der Waals surface area contributed by atoms with Crippen molar-refractivity contribution in [3.63, 3.8) is 0 Å². The lowest BCUT2D eigenvalue weighted by Gasteiger charge is -2.24. The van der Waals surface area contributed by atoms with Crippen LogP contribution in [0.25, 0.3) is 0 Å². The second-order valence-electron chi connectivity index (χ2n) is 4.56. The lowest BCUT2D eigenvalue weighted by atomic mass is 10.3. The number of methoxy groups -OCH3 is 1. The topological polar surface area (TPSA) is 72.6 Å². The quantitative estimate of drug-likeness (QED) is 0.779. The lowest BCUT2D eigenvalue weighted by Crippen LogP contribution is -2.35. The molecule has 0 saturated heterocycles. The molecule has 1 aromatic rings. The summed E-state index contributed by atoms with van der Waals surface area (Å²) in [6.45, 7) is 1.91. The van der Waals surface area contributed by atoms with Crippen LogP contribution in [0, 0.1) is 0 Å². The van der Waals surface area contributed by atoms with Crippen LogP contribution < -0.4 is 10.5 Å². The number of nitrogens with two attached hydrogens (primary N) is 1. The predicted molar refractivity (Wildman–Crippen MR) is 84.8 cm³/mol. The fourth-order valence-corrected chi connectivity index (χ4v) is 3.71. The summed E-state index contributed by atoms with van der Waals surface area (Å²) in [5.74, 6) is 1.29. The summed E-state index contributed by atoms with van der Waals surface area (Å²) in [7, 11) is -0.464. The zero-order chi connectivity index (χ0) is 15.3. The van der Waals surface area contributed by atoms with Gasteiger partial charge in [-0.15, -0.1) is 0 Å². The fourth-order valence-electron chi connectivity index (χ4n) is 1.73. The van der Waals surface area contributed by atoms with Gasteiger partial charge in [0.2, 0.25) is 10.0 Å². The Balaban J connectivity index is 3.03. The number of ether oxygens (including phenoxy) is 1. The van der Waals surface area contributed by atoms with Gasteiger partial charge < -0.3 is 10.5 Å². The van der Waals surface area contributed by atoms with Gasteiger partial charge in [-0.3, -0.25) is 0 Å². The van der Waals surface area contributed by atoms with E-state index in [4.69, 9.17) is 10.5 Å². The molecule has 5 nitrogen and oxygen atoms in total. The van der Waals surface area contributed by atoms with Crippen LogP contribution in [0.3, 0.4) is 0 Å². The Bertz CT molecular complexity index is 547. The van der Waals surface area contributed by atoms with Crippen LogP contribution >= 0.6 is 11.8 Å². The molecule has 2 N–H and O–H groups in total. The third kappa shape index (κ3) is 3.80. The standard InChI is InChI=1S/C13H22N2O3S2/c1-10(7-8-19-4)15(2)20(16,17)11-5-6-12(14)13(9-11)18-3/h5-6,9-10H,7-8,14H2,1-4H3. The van der Waals surface area contributed by atoms with Crippen molar-refractivity contribution in [2.75, 3.05) is 31.9 Å². The van der Waals surface area contributed by atoms with E-state index >= 15 is 0 Å². The Morgan fingerprint density at radius 1 is 1.45 bits per heavy atom. The largest absolute Gasteiger partial charge is 0.495 e. The minimum absolute atomic E-state index is 0.0593. The molecule has 1 atom stereocenters. The number of thioether (sulfide) groups is 1. The molecule has 0 bridgehead atoms. The van der Waals surface area contributed by atoms with Crippen LogP contribution in [0.5, 0.6) is 5.75 Å². The molecule has 0 aliphatic rings. The maximum Gasteiger partial charge on any atom is 0.243 e. The Morgan fingerprint density at radius 3 is 2.65 bits per heavy atom. The Hall–Kier alpha value is -0.920. The van der Waals surface area contributed by atoms with E-state index in [1.807, 2.05) is 13.2 Å². The fraction of sp³-hybridized carbons (Fsp3) is 0.538. The first-order valence-corrected chi connectivity index (χ1v) is 9.08. The zero-order valence-electron chi connectivity index (χ0n) is 12.3. The summed E-state index contributed by atoms with van der Waals surface area (Å²) >= 11 is 1.70. The molecule has 20 heavy (non-hydrogen) atoms. The monoisotopic (exact) mass is 318 g/mol. The van der Waals surface area contributed by atoms with Crippen molar-refractivity contribution < 1.29 is 13.2 Å². The summed E-state index contributed by atoms with van der Waals surface area (Å²) in [4.78, 5) is 0.196. The van der Waals surface area contributed by atoms with Crippen molar-refractivity contribution in [1.29, 1.82) is 0 Å². The van der Waals surface area contributed by atoms with E-state index in [0.29, 0.717) is 11.4 Å². The minimum Gasteiger partial charge on any atom is -0.495 e. The average molecular weight is 318 g/mol. The van der Waals surface area contributed by atoms with Crippen molar-refractivity contribution in [2.45, 2.75) is 24.3 Å². The molecular weight excluding hydrogens is 296 g/mol. The van der Waals surface area contributed by atoms with Crippen molar-refractivity contribution in [2.24, 2.45) is 0 Å². The normalized spacial score (nSPS) is 13.4. The molecule has 0 saturated carbocycles. The van der Waals surface area contributed by atoms with E-state index in [1.54, 1.807) is 24.9 Å². The molecule has 0 aliphatic heterocycles. The van der Waals surface area contributed by atoms with E-state index in [0.717, 1.165) is 12.2 Å². The van der Waals surface area contributed by atoms with Gasteiger partial charge in [0, 0.05) is 19.2 Å². The summed E-state index contributed by atoms with van der Waals surface area (Å²) < 4.78 is 31.5. The molecule has 114 valence electrons. The highest BCUT2D eigenvalue weighted by Gasteiger charge is 2.25. The number of sulfonamides is 1. The molecule has 0 radical (unpaired) electrons. The van der Waals surface area contributed by atoms with E-state index < -0.39 is 10.0 Å². The van der Waals surface area contributed by atoms with E-state index in [2.05, 4.69) is 0 Å². The Kier molecular flexibility index (Phi) is 6.16.